The van der Waals surface area contributed by atoms with Crippen molar-refractivity contribution in [1.82, 2.24) is 20.1 Å². The van der Waals surface area contributed by atoms with E-state index >= 15 is 0 Å². The molecule has 2 aromatic rings. The quantitative estimate of drug-likeness (QED) is 0.513. The van der Waals surface area contributed by atoms with Crippen molar-refractivity contribution < 1.29 is 4.79 Å². The minimum absolute atomic E-state index is 0.153. The lowest BCUT2D eigenvalue weighted by Gasteiger charge is -2.32. The molecule has 152 valence electrons. The van der Waals surface area contributed by atoms with E-state index < -0.39 is 10.8 Å². The Kier molecular flexibility index (Phi) is 6.99. The topological polar surface area (TPSA) is 83.6 Å². The molecule has 1 saturated carbocycles. The monoisotopic (exact) mass is 429 g/mol. The summed E-state index contributed by atoms with van der Waals surface area (Å²) in [6, 6.07) is 9.71. The van der Waals surface area contributed by atoms with Gasteiger partial charge < -0.3 is 5.32 Å². The number of hydrogen-bond donors (Lipinski definition) is 1. The minimum Gasteiger partial charge on any atom is -0.337 e. The van der Waals surface area contributed by atoms with Gasteiger partial charge in [-0.1, -0.05) is 48.7 Å². The van der Waals surface area contributed by atoms with Gasteiger partial charge in [-0.2, -0.15) is 5.26 Å². The number of nitrogens with one attached hydrogen (secondary N) is 1. The highest BCUT2D eigenvalue weighted by Gasteiger charge is 2.35. The summed E-state index contributed by atoms with van der Waals surface area (Å²) in [4.78, 5) is 12.8. The van der Waals surface area contributed by atoms with Crippen LogP contribution in [0.5, 0.6) is 0 Å². The normalized spacial score (nSPS) is 16.6. The van der Waals surface area contributed by atoms with Gasteiger partial charge in [0.25, 0.3) is 0 Å². The second-order valence-electron chi connectivity index (χ2n) is 7.22. The number of benzene rings is 1. The number of amides is 1. The lowest BCUT2D eigenvalue weighted by molar-refractivity contribution is -0.121. The molecule has 6 nitrogen and oxygen atoms in total. The Balaban J connectivity index is 1.76. The molecule has 0 saturated heterocycles. The summed E-state index contributed by atoms with van der Waals surface area (Å²) in [7, 11) is 0. The Morgan fingerprint density at radius 2 is 2.07 bits per heavy atom. The highest BCUT2D eigenvalue weighted by atomic mass is 35.5. The lowest BCUT2D eigenvalue weighted by Crippen LogP contribution is -2.51. The number of aromatic nitrogens is 3. The molecule has 1 aromatic heterocycles. The predicted octanol–water partition coefficient (Wildman–Crippen LogP) is 4.61. The second kappa shape index (κ2) is 9.47. The van der Waals surface area contributed by atoms with Crippen LogP contribution < -0.4 is 5.32 Å². The van der Waals surface area contributed by atoms with Crippen LogP contribution >= 0.6 is 23.4 Å². The molecule has 8 heteroatoms. The maximum atomic E-state index is 12.8. The molecular weight excluding hydrogens is 406 g/mol. The predicted molar refractivity (Wildman–Crippen MR) is 116 cm³/mol. The first-order chi connectivity index (χ1) is 14.0. The summed E-state index contributed by atoms with van der Waals surface area (Å²) in [6.07, 6.45) is 6.23. The van der Waals surface area contributed by atoms with Crippen molar-refractivity contribution in [1.29, 1.82) is 5.26 Å². The summed E-state index contributed by atoms with van der Waals surface area (Å²) in [5.41, 5.74) is 0.145. The molecule has 0 aliphatic heterocycles. The molecule has 1 N–H and O–H groups in total. The molecule has 1 unspecified atom stereocenters. The van der Waals surface area contributed by atoms with E-state index in [2.05, 4.69) is 28.2 Å². The molecule has 1 aliphatic rings. The first-order valence-electron chi connectivity index (χ1n) is 9.68. The standard InChI is InChI=1S/C21H24ClN5OS/c1-3-13-27-18(16-7-9-17(22)10-8-16)25-26-20(27)29-15(2)19(28)24-21(14-23)11-5-4-6-12-21/h3,7-10,15H,1,4-6,11-13H2,2H3,(H,24,28). The van der Waals surface area contributed by atoms with Crippen molar-refractivity contribution in [3.05, 3.63) is 41.9 Å². The number of hydrogen-bond acceptors (Lipinski definition) is 5. The van der Waals surface area contributed by atoms with Crippen molar-refractivity contribution in [3.8, 4) is 17.5 Å². The van der Waals surface area contributed by atoms with E-state index in [0.29, 0.717) is 35.4 Å². The third-order valence-corrected chi connectivity index (χ3v) is 6.40. The van der Waals surface area contributed by atoms with Crippen LogP contribution in [-0.4, -0.2) is 31.5 Å². The first-order valence-corrected chi connectivity index (χ1v) is 10.9. The third-order valence-electron chi connectivity index (χ3n) is 5.07. The van der Waals surface area contributed by atoms with Crippen LogP contribution in [0.1, 0.15) is 39.0 Å². The molecule has 1 fully saturated rings. The van der Waals surface area contributed by atoms with E-state index in [1.54, 1.807) is 18.2 Å². The zero-order valence-electron chi connectivity index (χ0n) is 16.4. The Labute approximate surface area is 180 Å². The average molecular weight is 430 g/mol. The molecule has 0 radical (unpaired) electrons. The van der Waals surface area contributed by atoms with Gasteiger partial charge in [0.2, 0.25) is 5.91 Å². The summed E-state index contributed by atoms with van der Waals surface area (Å²) in [6.45, 7) is 6.16. The minimum atomic E-state index is -0.743. The molecule has 29 heavy (non-hydrogen) atoms. The first kappa shape index (κ1) is 21.4. The van der Waals surface area contributed by atoms with E-state index in [4.69, 9.17) is 11.6 Å². The fourth-order valence-electron chi connectivity index (χ4n) is 3.45. The summed E-state index contributed by atoms with van der Waals surface area (Å²) >= 11 is 7.31. The smallest absolute Gasteiger partial charge is 0.234 e. The van der Waals surface area contributed by atoms with E-state index in [0.717, 1.165) is 24.8 Å². The number of thioether (sulfide) groups is 1. The van der Waals surface area contributed by atoms with Crippen LogP contribution in [0.2, 0.25) is 5.02 Å². The lowest BCUT2D eigenvalue weighted by atomic mass is 9.83. The zero-order valence-corrected chi connectivity index (χ0v) is 18.0. The maximum Gasteiger partial charge on any atom is 0.234 e. The molecule has 1 aliphatic carbocycles. The fourth-order valence-corrected chi connectivity index (χ4v) is 4.44. The Morgan fingerprint density at radius 1 is 1.38 bits per heavy atom. The van der Waals surface area contributed by atoms with E-state index in [-0.39, 0.29) is 5.91 Å². The maximum absolute atomic E-state index is 12.8. The number of rotatable bonds is 7. The molecule has 0 bridgehead atoms. The number of carbonyl (C=O) groups is 1. The number of halogens is 1. The summed E-state index contributed by atoms with van der Waals surface area (Å²) in [5, 5.41) is 22.1. The number of nitriles is 1. The molecule has 1 heterocycles. The van der Waals surface area contributed by atoms with Crippen LogP contribution in [0.15, 0.2) is 42.1 Å². The van der Waals surface area contributed by atoms with Crippen LogP contribution in [0.4, 0.5) is 0 Å². The van der Waals surface area contributed by atoms with Gasteiger partial charge in [-0.3, -0.25) is 9.36 Å². The molecule has 1 aromatic carbocycles. The average Bonchev–Trinajstić information content (AvgIpc) is 3.12. The van der Waals surface area contributed by atoms with Crippen molar-refractivity contribution in [2.24, 2.45) is 0 Å². The van der Waals surface area contributed by atoms with Gasteiger partial charge in [-0.25, -0.2) is 0 Å². The van der Waals surface area contributed by atoms with Gasteiger partial charge in [0.1, 0.15) is 5.54 Å². The van der Waals surface area contributed by atoms with Crippen LogP contribution in [-0.2, 0) is 11.3 Å². The molecule has 1 amide bonds. The highest BCUT2D eigenvalue weighted by Crippen LogP contribution is 2.30. The second-order valence-corrected chi connectivity index (χ2v) is 8.96. The van der Waals surface area contributed by atoms with Crippen LogP contribution in [0.25, 0.3) is 11.4 Å². The van der Waals surface area contributed by atoms with E-state index in [1.807, 2.05) is 23.6 Å². The van der Waals surface area contributed by atoms with Gasteiger partial charge in [0, 0.05) is 17.1 Å². The van der Waals surface area contributed by atoms with Crippen molar-refractivity contribution in [3.63, 3.8) is 0 Å². The van der Waals surface area contributed by atoms with Crippen LogP contribution in [0.3, 0.4) is 0 Å². The zero-order chi connectivity index (χ0) is 20.9. The summed E-state index contributed by atoms with van der Waals surface area (Å²) in [5.74, 6) is 0.539. The molecular formula is C21H24ClN5OS. The van der Waals surface area contributed by atoms with E-state index in [1.165, 1.54) is 11.8 Å². The van der Waals surface area contributed by atoms with Gasteiger partial charge in [-0.15, -0.1) is 16.8 Å². The summed E-state index contributed by atoms with van der Waals surface area (Å²) < 4.78 is 1.92. The number of allylic oxidation sites excluding steroid dienone is 1. The SMILES string of the molecule is C=CCn1c(SC(C)C(=O)NC2(C#N)CCCCC2)nnc1-c1ccc(Cl)cc1. The fraction of sp³-hybridized carbons (Fsp3) is 0.429. The number of nitrogens with zero attached hydrogens (tertiary/aromatic N) is 4. The van der Waals surface area contributed by atoms with Crippen molar-refractivity contribution >= 4 is 29.3 Å². The van der Waals surface area contributed by atoms with Gasteiger partial charge in [0.05, 0.1) is 11.3 Å². The molecule has 3 rings (SSSR count). The van der Waals surface area contributed by atoms with Crippen LogP contribution in [0, 0.1) is 11.3 Å². The Morgan fingerprint density at radius 3 is 2.69 bits per heavy atom. The molecule has 1 atom stereocenters. The largest absolute Gasteiger partial charge is 0.337 e. The molecule has 0 spiro atoms. The number of carbonyl (C=O) groups excluding carboxylic acids is 1. The van der Waals surface area contributed by atoms with E-state index in [9.17, 15) is 10.1 Å². The highest BCUT2D eigenvalue weighted by molar-refractivity contribution is 8.00. The van der Waals surface area contributed by atoms with Gasteiger partial charge >= 0.3 is 0 Å². The van der Waals surface area contributed by atoms with Crippen molar-refractivity contribution in [2.75, 3.05) is 0 Å². The van der Waals surface area contributed by atoms with Gasteiger partial charge in [0.15, 0.2) is 11.0 Å². The van der Waals surface area contributed by atoms with Gasteiger partial charge in [-0.05, 0) is 44.0 Å². The Bertz CT molecular complexity index is 912. The van der Waals surface area contributed by atoms with Crippen molar-refractivity contribution in [2.45, 2.75) is 61.5 Å². The Hall–Kier alpha value is -2.30. The third kappa shape index (κ3) is 5.01.